The smallest absolute Gasteiger partial charge is 0.352 e. The second-order valence-electron chi connectivity index (χ2n) is 6.94. The van der Waals surface area contributed by atoms with Crippen LogP contribution < -0.4 is 4.57 Å². The van der Waals surface area contributed by atoms with Gasteiger partial charge in [0.15, 0.2) is 0 Å². The Kier molecular flexibility index (Phi) is 3.73. The van der Waals surface area contributed by atoms with E-state index in [-0.39, 0.29) is 30.2 Å². The Morgan fingerprint density at radius 3 is 2.73 bits per heavy atom. The molecule has 1 saturated heterocycles. The van der Waals surface area contributed by atoms with Gasteiger partial charge in [0.25, 0.3) is 5.82 Å². The highest BCUT2D eigenvalue weighted by molar-refractivity contribution is 7.18. The average Bonchev–Trinajstić information content (AvgIpc) is 3.14. The molecule has 9 heteroatoms. The van der Waals surface area contributed by atoms with E-state index in [0.29, 0.717) is 11.4 Å². The number of fused-ring (bicyclic) bond motifs is 2. The highest BCUT2D eigenvalue weighted by atomic mass is 32.1. The van der Waals surface area contributed by atoms with Crippen LogP contribution in [0.2, 0.25) is 0 Å². The van der Waals surface area contributed by atoms with Crippen molar-refractivity contribution in [3.8, 4) is 0 Å². The van der Waals surface area contributed by atoms with Gasteiger partial charge in [-0.3, -0.25) is 4.79 Å². The molecule has 2 aliphatic heterocycles. The molecule has 8 nitrogen and oxygen atoms in total. The van der Waals surface area contributed by atoms with Gasteiger partial charge in [-0.1, -0.05) is 18.3 Å². The number of carboxylic acid groups (broad SMARTS) is 1. The van der Waals surface area contributed by atoms with Gasteiger partial charge in [-0.25, -0.2) is 9.36 Å². The Labute approximate surface area is 153 Å². The van der Waals surface area contributed by atoms with Crippen LogP contribution in [0.4, 0.5) is 0 Å². The zero-order valence-corrected chi connectivity index (χ0v) is 15.4. The monoisotopic (exact) mass is 378 g/mol. The second-order valence-corrected chi connectivity index (χ2v) is 8.00. The molecule has 0 spiro atoms. The maximum atomic E-state index is 12.4. The van der Waals surface area contributed by atoms with E-state index in [9.17, 15) is 24.9 Å². The normalized spacial score (nSPS) is 26.4. The van der Waals surface area contributed by atoms with Crippen LogP contribution in [0.15, 0.2) is 18.1 Å². The number of β-lactam (4-membered cyclic amide) rings is 1. The van der Waals surface area contributed by atoms with Gasteiger partial charge in [-0.05, 0) is 6.92 Å². The summed E-state index contributed by atoms with van der Waals surface area (Å²) in [6.07, 6.45) is 2.87. The van der Waals surface area contributed by atoms with Gasteiger partial charge in [-0.15, -0.1) is 0 Å². The topological polar surface area (TPSA) is 106 Å². The number of nitrogens with zero attached hydrogens (tertiary/aromatic N) is 3. The van der Waals surface area contributed by atoms with Gasteiger partial charge in [0, 0.05) is 11.5 Å². The summed E-state index contributed by atoms with van der Waals surface area (Å²) in [6.45, 7) is 3.32. The fourth-order valence-corrected chi connectivity index (χ4v) is 5.52. The fraction of sp³-hybridized carbons (Fsp3) is 0.471. The van der Waals surface area contributed by atoms with Crippen LogP contribution in [0.5, 0.6) is 0 Å². The molecule has 0 bridgehead atoms. The number of thiazole rings is 1. The lowest BCUT2D eigenvalue weighted by atomic mass is 9.77. The van der Waals surface area contributed by atoms with E-state index in [1.165, 1.54) is 16.2 Å². The molecule has 0 radical (unpaired) electrons. The number of aromatic nitrogens is 2. The van der Waals surface area contributed by atoms with Gasteiger partial charge in [0.05, 0.1) is 30.0 Å². The average molecular weight is 378 g/mol. The van der Waals surface area contributed by atoms with Crippen LogP contribution in [0.25, 0.3) is 10.4 Å². The summed E-state index contributed by atoms with van der Waals surface area (Å²) in [4.78, 5) is 27.3. The molecule has 2 aromatic heterocycles. The summed E-state index contributed by atoms with van der Waals surface area (Å²) in [5.41, 5.74) is 0.614. The number of amides is 1. The fourth-order valence-electron chi connectivity index (χ4n) is 4.27. The molecule has 0 unspecified atom stereocenters. The van der Waals surface area contributed by atoms with Crippen molar-refractivity contribution in [1.82, 2.24) is 9.30 Å². The molecular formula is C17H20N3O5S+. The van der Waals surface area contributed by atoms with E-state index in [4.69, 9.17) is 0 Å². The summed E-state index contributed by atoms with van der Waals surface area (Å²) in [5.74, 6) is -1.57. The lowest BCUT2D eigenvalue weighted by molar-refractivity contribution is -0.679. The lowest BCUT2D eigenvalue weighted by Gasteiger charge is -2.46. The van der Waals surface area contributed by atoms with Crippen molar-refractivity contribution in [2.45, 2.75) is 32.6 Å². The highest BCUT2D eigenvalue weighted by Crippen LogP contribution is 2.51. The summed E-state index contributed by atoms with van der Waals surface area (Å²) < 4.78 is 3.66. The van der Waals surface area contributed by atoms with Crippen molar-refractivity contribution in [1.29, 1.82) is 0 Å². The SMILES string of the molecule is C[C@@H](O)[C@H]1C(=O)N2C(C(=O)O)=C(c3cn4c(CO)[n+](C)cc4s3)[C@H](C)[C@H]12. The molecule has 4 atom stereocenters. The number of carboxylic acids is 1. The molecule has 2 aromatic rings. The van der Waals surface area contributed by atoms with Gasteiger partial charge >= 0.3 is 5.97 Å². The van der Waals surface area contributed by atoms with Gasteiger partial charge in [0.1, 0.15) is 24.7 Å². The van der Waals surface area contributed by atoms with E-state index < -0.39 is 18.0 Å². The van der Waals surface area contributed by atoms with Crippen molar-refractivity contribution in [3.05, 3.63) is 28.8 Å². The third-order valence-electron chi connectivity index (χ3n) is 5.47. The van der Waals surface area contributed by atoms with Crippen LogP contribution in [0.1, 0.15) is 24.5 Å². The number of aryl methyl sites for hydroxylation is 1. The van der Waals surface area contributed by atoms with Crippen molar-refractivity contribution in [3.63, 3.8) is 0 Å². The quantitative estimate of drug-likeness (QED) is 0.512. The molecule has 0 aliphatic carbocycles. The summed E-state index contributed by atoms with van der Waals surface area (Å²) >= 11 is 1.42. The number of hydrogen-bond donors (Lipinski definition) is 3. The molecule has 1 amide bonds. The maximum Gasteiger partial charge on any atom is 0.352 e. The standard InChI is InChI=1S/C17H19N3O5S/c1-7-12(9-4-19-10(6-21)18(3)5-11(19)26-9)15(17(24)25)20-14(7)13(8(2)22)16(20)23/h4-5,7-8,13-14,21-22H,6H2,1-3H3/p+1/t7-,8+,13+,14+/m0/s1. The number of rotatable bonds is 4. The molecule has 138 valence electrons. The summed E-state index contributed by atoms with van der Waals surface area (Å²) in [6, 6.07) is -0.335. The minimum absolute atomic E-state index is 0.00354. The second kappa shape index (κ2) is 5.63. The molecule has 0 aromatic carbocycles. The minimum Gasteiger partial charge on any atom is -0.477 e. The predicted molar refractivity (Wildman–Crippen MR) is 91.9 cm³/mol. The predicted octanol–water partition coefficient (Wildman–Crippen LogP) is -0.0292. The zero-order chi connectivity index (χ0) is 18.9. The molecule has 2 aliphatic rings. The van der Waals surface area contributed by atoms with E-state index in [1.54, 1.807) is 6.92 Å². The molecule has 3 N–H and O–H groups in total. The Bertz CT molecular complexity index is 973. The van der Waals surface area contributed by atoms with Crippen molar-refractivity contribution in [2.24, 2.45) is 18.9 Å². The Morgan fingerprint density at radius 1 is 1.46 bits per heavy atom. The van der Waals surface area contributed by atoms with Crippen molar-refractivity contribution >= 4 is 33.6 Å². The summed E-state index contributed by atoms with van der Waals surface area (Å²) in [5, 5.41) is 29.2. The van der Waals surface area contributed by atoms with Crippen molar-refractivity contribution < 1.29 is 29.5 Å². The molecule has 1 fully saturated rings. The molecule has 4 rings (SSSR count). The van der Waals surface area contributed by atoms with Crippen LogP contribution in [-0.2, 0) is 23.2 Å². The van der Waals surface area contributed by atoms with Crippen LogP contribution in [0, 0.1) is 11.8 Å². The van der Waals surface area contributed by atoms with Crippen LogP contribution in [0.3, 0.4) is 0 Å². The molecule has 0 saturated carbocycles. The first kappa shape index (κ1) is 17.2. The van der Waals surface area contributed by atoms with E-state index in [1.807, 2.05) is 35.3 Å². The first-order chi connectivity index (χ1) is 12.3. The van der Waals surface area contributed by atoms with Gasteiger partial charge < -0.3 is 20.2 Å². The molecule has 26 heavy (non-hydrogen) atoms. The summed E-state index contributed by atoms with van der Waals surface area (Å²) in [7, 11) is 1.84. The first-order valence-electron chi connectivity index (χ1n) is 8.37. The van der Waals surface area contributed by atoms with E-state index in [0.717, 1.165) is 9.71 Å². The number of aliphatic carboxylic acids is 1. The number of aliphatic hydroxyl groups is 2. The zero-order valence-electron chi connectivity index (χ0n) is 14.6. The van der Waals surface area contributed by atoms with Gasteiger partial charge in [-0.2, -0.15) is 4.40 Å². The minimum atomic E-state index is -1.14. The van der Waals surface area contributed by atoms with E-state index >= 15 is 0 Å². The number of carbonyl (C=O) groups excluding carboxylic acids is 1. The Balaban J connectivity index is 1.86. The van der Waals surface area contributed by atoms with Gasteiger partial charge in [0.2, 0.25) is 10.7 Å². The maximum absolute atomic E-state index is 12.4. The number of aliphatic hydroxyl groups excluding tert-OH is 2. The van der Waals surface area contributed by atoms with Crippen LogP contribution in [-0.4, -0.2) is 48.6 Å². The highest BCUT2D eigenvalue weighted by Gasteiger charge is 2.60. The van der Waals surface area contributed by atoms with Crippen molar-refractivity contribution in [2.75, 3.05) is 0 Å². The van der Waals surface area contributed by atoms with Crippen LogP contribution >= 0.6 is 11.3 Å². The molecular weight excluding hydrogens is 358 g/mol. The number of imidazole rings is 1. The third-order valence-corrected chi connectivity index (χ3v) is 6.53. The largest absolute Gasteiger partial charge is 0.477 e. The number of carbonyl (C=O) groups is 2. The first-order valence-corrected chi connectivity index (χ1v) is 9.18. The van der Waals surface area contributed by atoms with E-state index in [2.05, 4.69) is 0 Å². The number of hydrogen-bond acceptors (Lipinski definition) is 5. The Morgan fingerprint density at radius 2 is 2.15 bits per heavy atom. The molecule has 4 heterocycles. The third kappa shape index (κ3) is 2.04. The lowest BCUT2D eigenvalue weighted by Crippen LogP contribution is -2.63. The Hall–Kier alpha value is -2.23.